The SMILES string of the molecule is O=C(COc1ccccc1Cl)N1CCN(c2ncc(Br)cn2)CC1. The molecule has 1 aliphatic heterocycles. The summed E-state index contributed by atoms with van der Waals surface area (Å²) >= 11 is 9.34. The van der Waals surface area contributed by atoms with Gasteiger partial charge in [0.25, 0.3) is 5.91 Å². The Hall–Kier alpha value is -1.86. The predicted molar refractivity (Wildman–Crippen MR) is 95.5 cm³/mol. The number of hydrogen-bond donors (Lipinski definition) is 0. The van der Waals surface area contributed by atoms with Gasteiger partial charge in [-0.05, 0) is 28.1 Å². The summed E-state index contributed by atoms with van der Waals surface area (Å²) < 4.78 is 6.35. The third kappa shape index (κ3) is 4.15. The zero-order chi connectivity index (χ0) is 16.9. The van der Waals surface area contributed by atoms with E-state index >= 15 is 0 Å². The number of piperazine rings is 1. The second-order valence-corrected chi connectivity index (χ2v) is 6.61. The molecular formula is C16H16BrClN4O2. The number of aromatic nitrogens is 2. The van der Waals surface area contributed by atoms with Crippen LogP contribution in [0.2, 0.25) is 5.02 Å². The van der Waals surface area contributed by atoms with Gasteiger partial charge >= 0.3 is 0 Å². The molecule has 1 saturated heterocycles. The first-order valence-electron chi connectivity index (χ1n) is 7.51. The first kappa shape index (κ1) is 17.0. The van der Waals surface area contributed by atoms with Crippen LogP contribution in [0.15, 0.2) is 41.1 Å². The zero-order valence-electron chi connectivity index (χ0n) is 12.9. The van der Waals surface area contributed by atoms with Gasteiger partial charge in [-0.25, -0.2) is 9.97 Å². The van der Waals surface area contributed by atoms with Crippen LogP contribution in [0.1, 0.15) is 0 Å². The number of amides is 1. The molecule has 0 spiro atoms. The number of hydrogen-bond acceptors (Lipinski definition) is 5. The van der Waals surface area contributed by atoms with E-state index in [0.29, 0.717) is 42.9 Å². The van der Waals surface area contributed by atoms with Crippen molar-refractivity contribution in [1.82, 2.24) is 14.9 Å². The minimum atomic E-state index is -0.0497. The van der Waals surface area contributed by atoms with Crippen molar-refractivity contribution in [3.8, 4) is 5.75 Å². The van der Waals surface area contributed by atoms with Gasteiger partial charge in [0.15, 0.2) is 6.61 Å². The fourth-order valence-corrected chi connectivity index (χ4v) is 2.81. The average molecular weight is 412 g/mol. The minimum Gasteiger partial charge on any atom is -0.482 e. The number of anilines is 1. The molecule has 0 N–H and O–H groups in total. The highest BCUT2D eigenvalue weighted by atomic mass is 79.9. The maximum absolute atomic E-state index is 12.3. The lowest BCUT2D eigenvalue weighted by molar-refractivity contribution is -0.133. The molecule has 0 bridgehead atoms. The molecule has 126 valence electrons. The molecule has 24 heavy (non-hydrogen) atoms. The summed E-state index contributed by atoms with van der Waals surface area (Å²) in [5.74, 6) is 1.15. The fourth-order valence-electron chi connectivity index (χ4n) is 2.42. The van der Waals surface area contributed by atoms with E-state index in [2.05, 4.69) is 30.8 Å². The molecule has 0 aliphatic carbocycles. The van der Waals surface area contributed by atoms with Gasteiger partial charge < -0.3 is 14.5 Å². The Morgan fingerprint density at radius 2 is 1.83 bits per heavy atom. The Balaban J connectivity index is 1.50. The molecule has 3 rings (SSSR count). The predicted octanol–water partition coefficient (Wildman–Crippen LogP) is 2.62. The molecule has 8 heteroatoms. The van der Waals surface area contributed by atoms with Crippen molar-refractivity contribution in [2.24, 2.45) is 0 Å². The Bertz CT molecular complexity index is 705. The van der Waals surface area contributed by atoms with Crippen LogP contribution in [-0.4, -0.2) is 53.6 Å². The maximum Gasteiger partial charge on any atom is 0.260 e. The topological polar surface area (TPSA) is 58.6 Å². The van der Waals surface area contributed by atoms with Crippen LogP contribution in [0.3, 0.4) is 0 Å². The van der Waals surface area contributed by atoms with Crippen molar-refractivity contribution >= 4 is 39.4 Å². The molecular weight excluding hydrogens is 396 g/mol. The summed E-state index contributed by atoms with van der Waals surface area (Å²) in [6, 6.07) is 7.12. The second-order valence-electron chi connectivity index (χ2n) is 5.29. The van der Waals surface area contributed by atoms with Crippen molar-refractivity contribution < 1.29 is 9.53 Å². The van der Waals surface area contributed by atoms with Crippen LogP contribution in [0.5, 0.6) is 5.75 Å². The number of halogens is 2. The third-order valence-corrected chi connectivity index (χ3v) is 4.43. The van der Waals surface area contributed by atoms with Gasteiger partial charge in [-0.15, -0.1) is 0 Å². The summed E-state index contributed by atoms with van der Waals surface area (Å²) in [5, 5.41) is 0.502. The van der Waals surface area contributed by atoms with Gasteiger partial charge in [0.1, 0.15) is 5.75 Å². The Kier molecular flexibility index (Phi) is 5.52. The van der Waals surface area contributed by atoms with E-state index in [1.165, 1.54) is 0 Å². The largest absolute Gasteiger partial charge is 0.482 e. The number of para-hydroxylation sites is 1. The van der Waals surface area contributed by atoms with E-state index in [0.717, 1.165) is 4.47 Å². The summed E-state index contributed by atoms with van der Waals surface area (Å²) in [7, 11) is 0. The van der Waals surface area contributed by atoms with Crippen LogP contribution < -0.4 is 9.64 Å². The maximum atomic E-state index is 12.3. The third-order valence-electron chi connectivity index (χ3n) is 3.71. The molecule has 0 radical (unpaired) electrons. The van der Waals surface area contributed by atoms with E-state index in [-0.39, 0.29) is 12.5 Å². The first-order chi connectivity index (χ1) is 11.6. The van der Waals surface area contributed by atoms with Crippen molar-refractivity contribution in [3.05, 3.63) is 46.2 Å². The smallest absolute Gasteiger partial charge is 0.260 e. The van der Waals surface area contributed by atoms with Gasteiger partial charge in [0.05, 0.1) is 9.50 Å². The van der Waals surface area contributed by atoms with Crippen LogP contribution in [0.4, 0.5) is 5.95 Å². The first-order valence-corrected chi connectivity index (χ1v) is 8.68. The van der Waals surface area contributed by atoms with Crippen LogP contribution in [0, 0.1) is 0 Å². The lowest BCUT2D eigenvalue weighted by Gasteiger charge is -2.34. The molecule has 2 aromatic rings. The Labute approximate surface area is 153 Å². The molecule has 1 amide bonds. The van der Waals surface area contributed by atoms with E-state index in [9.17, 15) is 4.79 Å². The molecule has 1 fully saturated rings. The molecule has 0 atom stereocenters. The highest BCUT2D eigenvalue weighted by Gasteiger charge is 2.22. The van der Waals surface area contributed by atoms with Crippen molar-refractivity contribution in [2.45, 2.75) is 0 Å². The fraction of sp³-hybridized carbons (Fsp3) is 0.312. The van der Waals surface area contributed by atoms with Gasteiger partial charge in [-0.1, -0.05) is 23.7 Å². The lowest BCUT2D eigenvalue weighted by atomic mass is 10.3. The molecule has 1 aromatic heterocycles. The van der Waals surface area contributed by atoms with Gasteiger partial charge in [-0.2, -0.15) is 0 Å². The van der Waals surface area contributed by atoms with Crippen LogP contribution >= 0.6 is 27.5 Å². The normalized spacial score (nSPS) is 14.6. The van der Waals surface area contributed by atoms with Gasteiger partial charge in [0, 0.05) is 38.6 Å². The number of ether oxygens (including phenoxy) is 1. The van der Waals surface area contributed by atoms with Crippen molar-refractivity contribution in [1.29, 1.82) is 0 Å². The quantitative estimate of drug-likeness (QED) is 0.774. The molecule has 6 nitrogen and oxygen atoms in total. The Morgan fingerprint density at radius 3 is 2.50 bits per heavy atom. The summed E-state index contributed by atoms with van der Waals surface area (Å²) in [4.78, 5) is 24.7. The molecule has 0 unspecified atom stereocenters. The number of nitrogens with zero attached hydrogens (tertiary/aromatic N) is 4. The Morgan fingerprint density at radius 1 is 1.17 bits per heavy atom. The standard InChI is InChI=1S/C16H16BrClN4O2/c17-12-9-19-16(20-10-12)22-7-5-21(6-8-22)15(23)11-24-14-4-2-1-3-13(14)18/h1-4,9-10H,5-8,11H2. The van der Waals surface area contributed by atoms with Crippen molar-refractivity contribution in [3.63, 3.8) is 0 Å². The van der Waals surface area contributed by atoms with E-state index in [1.807, 2.05) is 12.1 Å². The highest BCUT2D eigenvalue weighted by molar-refractivity contribution is 9.10. The van der Waals surface area contributed by atoms with Crippen LogP contribution in [-0.2, 0) is 4.79 Å². The highest BCUT2D eigenvalue weighted by Crippen LogP contribution is 2.23. The van der Waals surface area contributed by atoms with E-state index in [1.54, 1.807) is 29.4 Å². The number of rotatable bonds is 4. The molecule has 1 aliphatic rings. The summed E-state index contributed by atoms with van der Waals surface area (Å²) in [6.07, 6.45) is 3.44. The summed E-state index contributed by atoms with van der Waals surface area (Å²) in [6.45, 7) is 2.60. The monoisotopic (exact) mass is 410 g/mol. The average Bonchev–Trinajstić information content (AvgIpc) is 2.62. The van der Waals surface area contributed by atoms with Crippen molar-refractivity contribution in [2.75, 3.05) is 37.7 Å². The summed E-state index contributed by atoms with van der Waals surface area (Å²) in [5.41, 5.74) is 0. The molecule has 1 aromatic carbocycles. The van der Waals surface area contributed by atoms with Gasteiger partial charge in [0.2, 0.25) is 5.95 Å². The number of benzene rings is 1. The lowest BCUT2D eigenvalue weighted by Crippen LogP contribution is -2.50. The van der Waals surface area contributed by atoms with Crippen LogP contribution in [0.25, 0.3) is 0 Å². The zero-order valence-corrected chi connectivity index (χ0v) is 15.2. The van der Waals surface area contributed by atoms with E-state index < -0.39 is 0 Å². The number of carbonyl (C=O) groups is 1. The number of carbonyl (C=O) groups excluding carboxylic acids is 1. The van der Waals surface area contributed by atoms with E-state index in [4.69, 9.17) is 16.3 Å². The second kappa shape index (κ2) is 7.81. The minimum absolute atomic E-state index is 0.0154. The molecule has 0 saturated carbocycles. The van der Waals surface area contributed by atoms with Gasteiger partial charge in [-0.3, -0.25) is 4.79 Å². The molecule has 2 heterocycles.